The first kappa shape index (κ1) is 13.2. The van der Waals surface area contributed by atoms with Gasteiger partial charge in [0.25, 0.3) is 0 Å². The van der Waals surface area contributed by atoms with Crippen molar-refractivity contribution >= 4 is 23.3 Å². The maximum Gasteiger partial charge on any atom is 0.319 e. The molecule has 1 aliphatic heterocycles. The number of carbonyl (C=O) groups is 1. The fourth-order valence-corrected chi connectivity index (χ4v) is 2.12. The Kier molecular flexibility index (Phi) is 4.84. The van der Waals surface area contributed by atoms with Crippen LogP contribution in [0, 0.1) is 5.92 Å². The molecule has 2 rings (SSSR count). The van der Waals surface area contributed by atoms with Crippen LogP contribution in [0.4, 0.5) is 10.5 Å². The van der Waals surface area contributed by atoms with Crippen LogP contribution in [0.1, 0.15) is 12.8 Å². The number of hydrogen-bond acceptors (Lipinski definition) is 2. The first-order valence-electron chi connectivity index (χ1n) is 6.12. The van der Waals surface area contributed by atoms with Crippen molar-refractivity contribution in [3.63, 3.8) is 0 Å². The predicted molar refractivity (Wildman–Crippen MR) is 72.0 cm³/mol. The first-order valence-corrected chi connectivity index (χ1v) is 6.50. The van der Waals surface area contributed by atoms with Gasteiger partial charge in [-0.3, -0.25) is 0 Å². The Hall–Kier alpha value is -1.26. The summed E-state index contributed by atoms with van der Waals surface area (Å²) in [6, 6.07) is 6.90. The SMILES string of the molecule is O=C(NCC1CCOCC1)Nc1cccc(Cl)c1. The molecule has 2 N–H and O–H groups in total. The molecule has 0 aliphatic carbocycles. The Bertz CT molecular complexity index is 406. The lowest BCUT2D eigenvalue weighted by molar-refractivity contribution is 0.0671. The van der Waals surface area contributed by atoms with E-state index in [0.29, 0.717) is 23.2 Å². The topological polar surface area (TPSA) is 50.4 Å². The van der Waals surface area contributed by atoms with E-state index < -0.39 is 0 Å². The fourth-order valence-electron chi connectivity index (χ4n) is 1.93. The molecule has 4 nitrogen and oxygen atoms in total. The van der Waals surface area contributed by atoms with E-state index in [4.69, 9.17) is 16.3 Å². The monoisotopic (exact) mass is 268 g/mol. The average Bonchev–Trinajstić information content (AvgIpc) is 2.38. The van der Waals surface area contributed by atoms with Gasteiger partial charge in [-0.05, 0) is 37.0 Å². The van der Waals surface area contributed by atoms with E-state index in [1.54, 1.807) is 24.3 Å². The van der Waals surface area contributed by atoms with Crippen molar-refractivity contribution < 1.29 is 9.53 Å². The minimum Gasteiger partial charge on any atom is -0.381 e. The fraction of sp³-hybridized carbons (Fsp3) is 0.462. The summed E-state index contributed by atoms with van der Waals surface area (Å²) in [6.07, 6.45) is 2.02. The van der Waals surface area contributed by atoms with Crippen molar-refractivity contribution in [1.82, 2.24) is 5.32 Å². The normalized spacial score (nSPS) is 16.3. The zero-order valence-corrected chi connectivity index (χ0v) is 10.9. The molecule has 1 aliphatic rings. The van der Waals surface area contributed by atoms with Crippen LogP contribution in [0.2, 0.25) is 5.02 Å². The van der Waals surface area contributed by atoms with Crippen molar-refractivity contribution in [3.05, 3.63) is 29.3 Å². The lowest BCUT2D eigenvalue weighted by Gasteiger charge is -2.22. The van der Waals surface area contributed by atoms with E-state index in [0.717, 1.165) is 26.1 Å². The van der Waals surface area contributed by atoms with Gasteiger partial charge >= 0.3 is 6.03 Å². The molecule has 1 heterocycles. The summed E-state index contributed by atoms with van der Waals surface area (Å²) in [5.74, 6) is 0.517. The Balaban J connectivity index is 1.74. The van der Waals surface area contributed by atoms with E-state index in [1.807, 2.05) is 0 Å². The highest BCUT2D eigenvalue weighted by molar-refractivity contribution is 6.30. The number of rotatable bonds is 3. The van der Waals surface area contributed by atoms with Crippen molar-refractivity contribution in [2.24, 2.45) is 5.92 Å². The van der Waals surface area contributed by atoms with Crippen LogP contribution < -0.4 is 10.6 Å². The van der Waals surface area contributed by atoms with Gasteiger partial charge in [-0.2, -0.15) is 0 Å². The van der Waals surface area contributed by atoms with E-state index in [-0.39, 0.29) is 6.03 Å². The third kappa shape index (κ3) is 4.20. The maximum absolute atomic E-state index is 11.7. The third-order valence-corrected chi connectivity index (χ3v) is 3.21. The predicted octanol–water partition coefficient (Wildman–Crippen LogP) is 2.89. The Labute approximate surface area is 112 Å². The largest absolute Gasteiger partial charge is 0.381 e. The number of anilines is 1. The molecule has 0 unspecified atom stereocenters. The highest BCUT2D eigenvalue weighted by Gasteiger charge is 2.14. The summed E-state index contributed by atoms with van der Waals surface area (Å²) in [4.78, 5) is 11.7. The van der Waals surface area contributed by atoms with Gasteiger partial charge in [0, 0.05) is 30.5 Å². The van der Waals surface area contributed by atoms with Gasteiger partial charge in [0.1, 0.15) is 0 Å². The van der Waals surface area contributed by atoms with Crippen LogP contribution in [-0.2, 0) is 4.74 Å². The molecule has 0 radical (unpaired) electrons. The van der Waals surface area contributed by atoms with Crippen LogP contribution in [-0.4, -0.2) is 25.8 Å². The van der Waals surface area contributed by atoms with E-state index in [2.05, 4.69) is 10.6 Å². The lowest BCUT2D eigenvalue weighted by Crippen LogP contribution is -2.35. The zero-order valence-electron chi connectivity index (χ0n) is 10.1. The second-order valence-electron chi connectivity index (χ2n) is 4.40. The number of urea groups is 1. The van der Waals surface area contributed by atoms with Gasteiger partial charge in [0.15, 0.2) is 0 Å². The standard InChI is InChI=1S/C13H17ClN2O2/c14-11-2-1-3-12(8-11)16-13(17)15-9-10-4-6-18-7-5-10/h1-3,8,10H,4-7,9H2,(H2,15,16,17). The molecule has 1 saturated heterocycles. The maximum atomic E-state index is 11.7. The number of nitrogens with one attached hydrogen (secondary N) is 2. The van der Waals surface area contributed by atoms with Crippen LogP contribution in [0.5, 0.6) is 0 Å². The molecule has 98 valence electrons. The minimum absolute atomic E-state index is 0.191. The van der Waals surface area contributed by atoms with Gasteiger partial charge in [-0.25, -0.2) is 4.79 Å². The number of hydrogen-bond donors (Lipinski definition) is 2. The van der Waals surface area contributed by atoms with Crippen LogP contribution >= 0.6 is 11.6 Å². The highest BCUT2D eigenvalue weighted by atomic mass is 35.5. The quantitative estimate of drug-likeness (QED) is 0.886. The summed E-state index contributed by atoms with van der Waals surface area (Å²) in [6.45, 7) is 2.28. The molecule has 2 amide bonds. The molecule has 0 bridgehead atoms. The molecule has 1 aromatic carbocycles. The summed E-state index contributed by atoms with van der Waals surface area (Å²) in [7, 11) is 0. The molecular formula is C13H17ClN2O2. The Morgan fingerprint density at radius 2 is 2.17 bits per heavy atom. The van der Waals surface area contributed by atoms with Gasteiger partial charge in [0.2, 0.25) is 0 Å². The number of halogens is 1. The lowest BCUT2D eigenvalue weighted by atomic mass is 10.0. The van der Waals surface area contributed by atoms with E-state index >= 15 is 0 Å². The van der Waals surface area contributed by atoms with Crippen molar-refractivity contribution in [2.45, 2.75) is 12.8 Å². The second-order valence-corrected chi connectivity index (χ2v) is 4.84. The molecule has 1 aromatic rings. The Morgan fingerprint density at radius 3 is 2.89 bits per heavy atom. The summed E-state index contributed by atoms with van der Waals surface area (Å²) in [5.41, 5.74) is 0.701. The van der Waals surface area contributed by atoms with Crippen molar-refractivity contribution in [1.29, 1.82) is 0 Å². The first-order chi connectivity index (χ1) is 8.74. The molecule has 0 aromatic heterocycles. The Morgan fingerprint density at radius 1 is 1.39 bits per heavy atom. The van der Waals surface area contributed by atoms with Gasteiger partial charge in [-0.1, -0.05) is 17.7 Å². The second kappa shape index (κ2) is 6.61. The average molecular weight is 269 g/mol. The van der Waals surface area contributed by atoms with Crippen LogP contribution in [0.3, 0.4) is 0 Å². The number of amides is 2. The molecule has 0 atom stereocenters. The summed E-state index contributed by atoms with van der Waals surface area (Å²) in [5, 5.41) is 6.24. The number of ether oxygens (including phenoxy) is 1. The van der Waals surface area contributed by atoms with E-state index in [9.17, 15) is 4.79 Å². The van der Waals surface area contributed by atoms with Crippen molar-refractivity contribution in [3.8, 4) is 0 Å². The van der Waals surface area contributed by atoms with Gasteiger partial charge in [0.05, 0.1) is 0 Å². The zero-order chi connectivity index (χ0) is 12.8. The number of carbonyl (C=O) groups excluding carboxylic acids is 1. The van der Waals surface area contributed by atoms with Crippen LogP contribution in [0.25, 0.3) is 0 Å². The third-order valence-electron chi connectivity index (χ3n) is 2.97. The molecule has 0 saturated carbocycles. The van der Waals surface area contributed by atoms with Crippen molar-refractivity contribution in [2.75, 3.05) is 25.1 Å². The van der Waals surface area contributed by atoms with Gasteiger partial charge < -0.3 is 15.4 Å². The summed E-state index contributed by atoms with van der Waals surface area (Å²) < 4.78 is 5.27. The smallest absolute Gasteiger partial charge is 0.319 e. The molecule has 1 fully saturated rings. The molecule has 18 heavy (non-hydrogen) atoms. The van der Waals surface area contributed by atoms with E-state index in [1.165, 1.54) is 0 Å². The summed E-state index contributed by atoms with van der Waals surface area (Å²) >= 11 is 5.84. The van der Waals surface area contributed by atoms with Crippen LogP contribution in [0.15, 0.2) is 24.3 Å². The molecule has 5 heteroatoms. The molecule has 0 spiro atoms. The highest BCUT2D eigenvalue weighted by Crippen LogP contribution is 2.15. The number of benzene rings is 1. The minimum atomic E-state index is -0.191. The van der Waals surface area contributed by atoms with Gasteiger partial charge in [-0.15, -0.1) is 0 Å². The molecular weight excluding hydrogens is 252 g/mol.